The molecule has 0 aliphatic carbocycles. The lowest BCUT2D eigenvalue weighted by atomic mass is 10.0. The largest absolute Gasteiger partial charge is 0.493 e. The van der Waals surface area contributed by atoms with Crippen LogP contribution < -0.4 is 10.5 Å². The molecule has 0 spiro atoms. The van der Waals surface area contributed by atoms with Crippen molar-refractivity contribution in [2.75, 3.05) is 12.9 Å². The van der Waals surface area contributed by atoms with Gasteiger partial charge in [-0.1, -0.05) is 0 Å². The molecule has 0 bridgehead atoms. The summed E-state index contributed by atoms with van der Waals surface area (Å²) in [4.78, 5) is 1.25. The van der Waals surface area contributed by atoms with E-state index in [2.05, 4.69) is 18.4 Å². The molecule has 4 heteroatoms. The van der Waals surface area contributed by atoms with Crippen LogP contribution in [0, 0.1) is 0 Å². The summed E-state index contributed by atoms with van der Waals surface area (Å²) < 4.78 is 5.50. The van der Waals surface area contributed by atoms with E-state index in [-0.39, 0.29) is 18.4 Å². The lowest BCUT2D eigenvalue weighted by Crippen LogP contribution is -2.20. The van der Waals surface area contributed by atoms with Gasteiger partial charge in [0.15, 0.2) is 0 Å². The van der Waals surface area contributed by atoms with Gasteiger partial charge in [-0.15, -0.1) is 24.2 Å². The fourth-order valence-electron chi connectivity index (χ4n) is 1.53. The molecular formula is C10H14ClNOS. The highest BCUT2D eigenvalue weighted by Gasteiger charge is 2.17. The van der Waals surface area contributed by atoms with Gasteiger partial charge in [0.05, 0.1) is 6.61 Å². The first-order valence-corrected chi connectivity index (χ1v) is 5.60. The predicted molar refractivity (Wildman–Crippen MR) is 62.5 cm³/mol. The van der Waals surface area contributed by atoms with Gasteiger partial charge in [0.1, 0.15) is 5.75 Å². The fourth-order valence-corrected chi connectivity index (χ4v) is 1.98. The number of halogens is 1. The molecule has 0 saturated carbocycles. The zero-order chi connectivity index (χ0) is 9.26. The molecule has 1 aliphatic heterocycles. The third kappa shape index (κ3) is 2.16. The third-order valence-corrected chi connectivity index (χ3v) is 3.03. The standard InChI is InChI=1S/C10H13NOS.ClH/c1-13-7-2-3-10-8(6-7)9(11)4-5-12-10;/h2-3,6,9H,4-5,11H2,1H3;1H/t9-;/m1./s1. The van der Waals surface area contributed by atoms with Gasteiger partial charge in [0.2, 0.25) is 0 Å². The third-order valence-electron chi connectivity index (χ3n) is 2.30. The van der Waals surface area contributed by atoms with E-state index in [1.54, 1.807) is 11.8 Å². The van der Waals surface area contributed by atoms with Crippen LogP contribution in [-0.2, 0) is 0 Å². The van der Waals surface area contributed by atoms with Gasteiger partial charge in [-0.05, 0) is 24.5 Å². The van der Waals surface area contributed by atoms with Crippen LogP contribution in [0.3, 0.4) is 0 Å². The molecule has 0 radical (unpaired) electrons. The van der Waals surface area contributed by atoms with E-state index in [1.807, 2.05) is 6.07 Å². The van der Waals surface area contributed by atoms with Crippen molar-refractivity contribution < 1.29 is 4.74 Å². The van der Waals surface area contributed by atoms with Crippen LogP contribution in [0.4, 0.5) is 0 Å². The van der Waals surface area contributed by atoms with Crippen LogP contribution in [0.1, 0.15) is 18.0 Å². The highest BCUT2D eigenvalue weighted by molar-refractivity contribution is 7.98. The molecule has 2 nitrogen and oxygen atoms in total. The predicted octanol–water partition coefficient (Wildman–Crippen LogP) is 2.61. The molecule has 0 saturated heterocycles. The maximum Gasteiger partial charge on any atom is 0.124 e. The Hall–Kier alpha value is -0.380. The summed E-state index contributed by atoms with van der Waals surface area (Å²) in [5.74, 6) is 0.955. The van der Waals surface area contributed by atoms with Crippen molar-refractivity contribution in [2.24, 2.45) is 5.73 Å². The van der Waals surface area contributed by atoms with E-state index in [9.17, 15) is 0 Å². The summed E-state index contributed by atoms with van der Waals surface area (Å²) in [6.45, 7) is 0.743. The van der Waals surface area contributed by atoms with Crippen molar-refractivity contribution >= 4 is 24.2 Å². The van der Waals surface area contributed by atoms with E-state index >= 15 is 0 Å². The summed E-state index contributed by atoms with van der Waals surface area (Å²) in [5, 5.41) is 0. The second kappa shape index (κ2) is 4.91. The second-order valence-electron chi connectivity index (χ2n) is 3.15. The van der Waals surface area contributed by atoms with Gasteiger partial charge in [0.25, 0.3) is 0 Å². The summed E-state index contributed by atoms with van der Waals surface area (Å²) in [6, 6.07) is 6.36. The lowest BCUT2D eigenvalue weighted by Gasteiger charge is -2.23. The minimum absolute atomic E-state index is 0. The van der Waals surface area contributed by atoms with Crippen molar-refractivity contribution in [3.05, 3.63) is 23.8 Å². The first-order valence-electron chi connectivity index (χ1n) is 4.37. The number of fused-ring (bicyclic) bond motifs is 1. The summed E-state index contributed by atoms with van der Waals surface area (Å²) in [5.41, 5.74) is 7.13. The van der Waals surface area contributed by atoms with Crippen LogP contribution in [0.25, 0.3) is 0 Å². The molecule has 2 rings (SSSR count). The molecule has 2 N–H and O–H groups in total. The minimum atomic E-state index is 0. The van der Waals surface area contributed by atoms with E-state index < -0.39 is 0 Å². The van der Waals surface area contributed by atoms with Gasteiger partial charge in [0, 0.05) is 22.9 Å². The van der Waals surface area contributed by atoms with Crippen molar-refractivity contribution in [1.82, 2.24) is 0 Å². The fraction of sp³-hybridized carbons (Fsp3) is 0.400. The smallest absolute Gasteiger partial charge is 0.124 e. The summed E-state index contributed by atoms with van der Waals surface area (Å²) in [7, 11) is 0. The minimum Gasteiger partial charge on any atom is -0.493 e. The molecule has 1 aliphatic rings. The van der Waals surface area contributed by atoms with E-state index in [0.717, 1.165) is 24.3 Å². The molecule has 1 heterocycles. The zero-order valence-corrected chi connectivity index (χ0v) is 9.66. The number of hydrogen-bond acceptors (Lipinski definition) is 3. The number of rotatable bonds is 1. The molecule has 0 unspecified atom stereocenters. The van der Waals surface area contributed by atoms with Crippen LogP contribution >= 0.6 is 24.2 Å². The molecular weight excluding hydrogens is 218 g/mol. The van der Waals surface area contributed by atoms with Gasteiger partial charge in [-0.3, -0.25) is 0 Å². The Labute approximate surface area is 94.6 Å². The second-order valence-corrected chi connectivity index (χ2v) is 4.03. The SMILES string of the molecule is CSc1ccc2c(c1)[C@H](N)CCO2.Cl. The first kappa shape index (κ1) is 11.7. The number of benzene rings is 1. The normalized spacial score (nSPS) is 19.1. The van der Waals surface area contributed by atoms with Gasteiger partial charge in [-0.2, -0.15) is 0 Å². The molecule has 1 aromatic carbocycles. The van der Waals surface area contributed by atoms with E-state index in [4.69, 9.17) is 10.5 Å². The Balaban J connectivity index is 0.000000980. The monoisotopic (exact) mass is 231 g/mol. The number of ether oxygens (including phenoxy) is 1. The molecule has 0 amide bonds. The molecule has 1 aromatic rings. The van der Waals surface area contributed by atoms with E-state index in [0.29, 0.717) is 0 Å². The number of thioether (sulfide) groups is 1. The lowest BCUT2D eigenvalue weighted by molar-refractivity contribution is 0.268. The van der Waals surface area contributed by atoms with Crippen LogP contribution in [0.2, 0.25) is 0 Å². The van der Waals surface area contributed by atoms with Crippen molar-refractivity contribution in [1.29, 1.82) is 0 Å². The van der Waals surface area contributed by atoms with Crippen molar-refractivity contribution in [2.45, 2.75) is 17.4 Å². The van der Waals surface area contributed by atoms with E-state index in [1.165, 1.54) is 4.90 Å². The van der Waals surface area contributed by atoms with Gasteiger partial charge >= 0.3 is 0 Å². The van der Waals surface area contributed by atoms with Crippen molar-refractivity contribution in [3.63, 3.8) is 0 Å². The van der Waals surface area contributed by atoms with Crippen LogP contribution in [0.15, 0.2) is 23.1 Å². The number of hydrogen-bond donors (Lipinski definition) is 1. The Morgan fingerprint density at radius 2 is 2.29 bits per heavy atom. The first-order chi connectivity index (χ1) is 6.31. The Morgan fingerprint density at radius 3 is 3.00 bits per heavy atom. The molecule has 78 valence electrons. The Morgan fingerprint density at radius 1 is 1.50 bits per heavy atom. The van der Waals surface area contributed by atoms with Crippen LogP contribution in [0.5, 0.6) is 5.75 Å². The maximum absolute atomic E-state index is 5.98. The molecule has 1 atom stereocenters. The average molecular weight is 232 g/mol. The molecule has 0 fully saturated rings. The van der Waals surface area contributed by atoms with Crippen molar-refractivity contribution in [3.8, 4) is 5.75 Å². The number of nitrogens with two attached hydrogens (primary N) is 1. The highest BCUT2D eigenvalue weighted by atomic mass is 35.5. The zero-order valence-electron chi connectivity index (χ0n) is 8.03. The van der Waals surface area contributed by atoms with Gasteiger partial charge in [-0.25, -0.2) is 0 Å². The molecule has 14 heavy (non-hydrogen) atoms. The Bertz CT molecular complexity index is 319. The average Bonchev–Trinajstić information content (AvgIpc) is 2.18. The quantitative estimate of drug-likeness (QED) is 0.755. The molecule has 0 aromatic heterocycles. The van der Waals surface area contributed by atoms with Gasteiger partial charge < -0.3 is 10.5 Å². The highest BCUT2D eigenvalue weighted by Crippen LogP contribution is 2.33. The summed E-state index contributed by atoms with van der Waals surface area (Å²) in [6.07, 6.45) is 2.99. The topological polar surface area (TPSA) is 35.2 Å². The maximum atomic E-state index is 5.98. The Kier molecular flexibility index (Phi) is 4.11. The summed E-state index contributed by atoms with van der Waals surface area (Å²) >= 11 is 1.73. The van der Waals surface area contributed by atoms with Crippen LogP contribution in [-0.4, -0.2) is 12.9 Å².